The Morgan fingerprint density at radius 2 is 1.86 bits per heavy atom. The molecule has 4 heteroatoms. The lowest BCUT2D eigenvalue weighted by Gasteiger charge is -2.12. The summed E-state index contributed by atoms with van der Waals surface area (Å²) in [7, 11) is 0. The van der Waals surface area contributed by atoms with Crippen molar-refractivity contribution in [1.29, 1.82) is 0 Å². The Hall–Kier alpha value is -1.06. The largest absolute Gasteiger partial charge is 0.354 e. The van der Waals surface area contributed by atoms with E-state index in [1.165, 1.54) is 0 Å². The Morgan fingerprint density at radius 3 is 2.64 bits per heavy atom. The molecule has 0 spiro atoms. The molecule has 2 N–H and O–H groups in total. The van der Waals surface area contributed by atoms with E-state index in [-0.39, 0.29) is 11.8 Å². The molecule has 1 atom stereocenters. The number of rotatable bonds is 0. The van der Waals surface area contributed by atoms with E-state index < -0.39 is 6.04 Å². The van der Waals surface area contributed by atoms with E-state index in [1.807, 2.05) is 0 Å². The van der Waals surface area contributed by atoms with Gasteiger partial charge in [0.05, 0.1) is 0 Å². The number of hydrogen-bond donors (Lipinski definition) is 2. The van der Waals surface area contributed by atoms with Crippen LogP contribution < -0.4 is 10.6 Å². The molecule has 0 bridgehead atoms. The van der Waals surface area contributed by atoms with Crippen molar-refractivity contribution in [2.75, 3.05) is 6.54 Å². The highest BCUT2D eigenvalue weighted by Gasteiger charge is 2.15. The Balaban J connectivity index is 2.46. The summed E-state index contributed by atoms with van der Waals surface area (Å²) in [6.07, 6.45) is 4.62. The van der Waals surface area contributed by atoms with E-state index in [0.29, 0.717) is 6.42 Å². The maximum Gasteiger partial charge on any atom is 0.242 e. The zero-order chi connectivity index (χ0) is 10.4. The second-order valence-electron chi connectivity index (χ2n) is 3.74. The molecule has 14 heavy (non-hydrogen) atoms. The monoisotopic (exact) mass is 198 g/mol. The highest BCUT2D eigenvalue weighted by atomic mass is 16.2. The molecule has 0 saturated carbocycles. The molecule has 0 aliphatic carbocycles. The average Bonchev–Trinajstić information content (AvgIpc) is 2.17. The summed E-state index contributed by atoms with van der Waals surface area (Å²) in [6, 6.07) is -0.402. The van der Waals surface area contributed by atoms with Crippen LogP contribution in [0.2, 0.25) is 0 Å². The maximum absolute atomic E-state index is 11.4. The molecule has 0 radical (unpaired) electrons. The maximum atomic E-state index is 11.4. The van der Waals surface area contributed by atoms with Crippen LogP contribution >= 0.6 is 0 Å². The van der Waals surface area contributed by atoms with E-state index in [9.17, 15) is 9.59 Å². The fourth-order valence-electron chi connectivity index (χ4n) is 1.51. The Morgan fingerprint density at radius 1 is 1.14 bits per heavy atom. The predicted molar refractivity (Wildman–Crippen MR) is 53.7 cm³/mol. The van der Waals surface area contributed by atoms with Gasteiger partial charge in [0.1, 0.15) is 6.04 Å². The summed E-state index contributed by atoms with van der Waals surface area (Å²) < 4.78 is 0. The van der Waals surface area contributed by atoms with Crippen LogP contribution in [-0.4, -0.2) is 24.4 Å². The molecule has 1 aliphatic rings. The zero-order valence-corrected chi connectivity index (χ0v) is 8.64. The number of nitrogens with one attached hydrogen (secondary N) is 2. The van der Waals surface area contributed by atoms with Crippen molar-refractivity contribution in [2.45, 2.75) is 45.1 Å². The van der Waals surface area contributed by atoms with Crippen molar-refractivity contribution in [1.82, 2.24) is 10.6 Å². The quantitative estimate of drug-likeness (QED) is 0.598. The number of carbonyl (C=O) groups excluding carboxylic acids is 2. The molecule has 1 aliphatic heterocycles. The summed E-state index contributed by atoms with van der Waals surface area (Å²) in [5.74, 6) is -0.102. The first-order valence-electron chi connectivity index (χ1n) is 5.27. The molecule has 80 valence electrons. The highest BCUT2D eigenvalue weighted by Crippen LogP contribution is 2.03. The third kappa shape index (κ3) is 3.77. The molecule has 1 heterocycles. The van der Waals surface area contributed by atoms with Gasteiger partial charge in [-0.3, -0.25) is 9.59 Å². The van der Waals surface area contributed by atoms with Crippen LogP contribution in [0.3, 0.4) is 0 Å². The van der Waals surface area contributed by atoms with Crippen molar-refractivity contribution < 1.29 is 9.59 Å². The van der Waals surface area contributed by atoms with Gasteiger partial charge in [0.2, 0.25) is 11.8 Å². The number of amides is 2. The molecule has 0 aromatic carbocycles. The lowest BCUT2D eigenvalue weighted by molar-refractivity contribution is -0.128. The molecule has 0 aromatic rings. The van der Waals surface area contributed by atoms with Crippen LogP contribution in [-0.2, 0) is 9.59 Å². The molecule has 2 amide bonds. The summed E-state index contributed by atoms with van der Waals surface area (Å²) in [4.78, 5) is 22.6. The molecule has 1 fully saturated rings. The van der Waals surface area contributed by atoms with E-state index >= 15 is 0 Å². The summed E-state index contributed by atoms with van der Waals surface area (Å²) in [5.41, 5.74) is 0. The van der Waals surface area contributed by atoms with Crippen molar-refractivity contribution in [3.8, 4) is 0 Å². The van der Waals surface area contributed by atoms with E-state index in [0.717, 1.165) is 32.2 Å². The Kier molecular flexibility index (Phi) is 4.43. The molecule has 4 nitrogen and oxygen atoms in total. The van der Waals surface area contributed by atoms with Gasteiger partial charge in [-0.1, -0.05) is 12.8 Å². The standard InChI is InChI=1S/C10H18N2O2/c1-8-10(14)11-7-5-3-2-4-6-9(13)12-8/h8H,2-7H2,1H3,(H,11,14)(H,12,13). The van der Waals surface area contributed by atoms with Crippen LogP contribution in [0.1, 0.15) is 39.0 Å². The normalized spacial score (nSPS) is 25.9. The van der Waals surface area contributed by atoms with Crippen LogP contribution in [0.5, 0.6) is 0 Å². The molecular formula is C10H18N2O2. The predicted octanol–water partition coefficient (Wildman–Crippen LogP) is 0.571. The lowest BCUT2D eigenvalue weighted by atomic mass is 10.1. The lowest BCUT2D eigenvalue weighted by Crippen LogP contribution is -2.44. The van der Waals surface area contributed by atoms with E-state index in [4.69, 9.17) is 0 Å². The first kappa shape index (κ1) is 11.0. The first-order chi connectivity index (χ1) is 6.70. The van der Waals surface area contributed by atoms with Crippen LogP contribution in [0.15, 0.2) is 0 Å². The van der Waals surface area contributed by atoms with Gasteiger partial charge in [0, 0.05) is 13.0 Å². The van der Waals surface area contributed by atoms with Gasteiger partial charge in [-0.05, 0) is 19.8 Å². The Bertz CT molecular complexity index is 216. The van der Waals surface area contributed by atoms with Gasteiger partial charge in [-0.25, -0.2) is 0 Å². The van der Waals surface area contributed by atoms with Crippen LogP contribution in [0.4, 0.5) is 0 Å². The van der Waals surface area contributed by atoms with Crippen LogP contribution in [0.25, 0.3) is 0 Å². The SMILES string of the molecule is CC1NC(=O)CCCCCCNC1=O. The van der Waals surface area contributed by atoms with Crippen molar-refractivity contribution in [2.24, 2.45) is 0 Å². The summed E-state index contributed by atoms with van der Waals surface area (Å²) in [6.45, 7) is 2.43. The smallest absolute Gasteiger partial charge is 0.242 e. The van der Waals surface area contributed by atoms with Gasteiger partial charge < -0.3 is 10.6 Å². The first-order valence-corrected chi connectivity index (χ1v) is 5.27. The van der Waals surface area contributed by atoms with Crippen molar-refractivity contribution >= 4 is 11.8 Å². The molecule has 1 rings (SSSR count). The topological polar surface area (TPSA) is 58.2 Å². The molecule has 1 saturated heterocycles. The van der Waals surface area contributed by atoms with Gasteiger partial charge in [0.15, 0.2) is 0 Å². The molecule has 1 unspecified atom stereocenters. The highest BCUT2D eigenvalue weighted by molar-refractivity contribution is 5.87. The van der Waals surface area contributed by atoms with Crippen molar-refractivity contribution in [3.05, 3.63) is 0 Å². The zero-order valence-electron chi connectivity index (χ0n) is 8.64. The minimum absolute atomic E-state index is 0.0189. The van der Waals surface area contributed by atoms with E-state index in [2.05, 4.69) is 10.6 Å². The summed E-state index contributed by atoms with van der Waals surface area (Å²) in [5, 5.41) is 5.47. The second-order valence-corrected chi connectivity index (χ2v) is 3.74. The fraction of sp³-hybridized carbons (Fsp3) is 0.800. The number of carbonyl (C=O) groups is 2. The summed E-state index contributed by atoms with van der Waals surface area (Å²) >= 11 is 0. The fourth-order valence-corrected chi connectivity index (χ4v) is 1.51. The average molecular weight is 198 g/mol. The molecular weight excluding hydrogens is 180 g/mol. The third-order valence-electron chi connectivity index (χ3n) is 2.40. The molecule has 0 aromatic heterocycles. The van der Waals surface area contributed by atoms with Gasteiger partial charge in [0.25, 0.3) is 0 Å². The Labute approximate surface area is 84.4 Å². The van der Waals surface area contributed by atoms with Crippen molar-refractivity contribution in [3.63, 3.8) is 0 Å². The number of hydrogen-bond acceptors (Lipinski definition) is 2. The van der Waals surface area contributed by atoms with Gasteiger partial charge >= 0.3 is 0 Å². The van der Waals surface area contributed by atoms with Gasteiger partial charge in [-0.15, -0.1) is 0 Å². The van der Waals surface area contributed by atoms with E-state index in [1.54, 1.807) is 6.92 Å². The van der Waals surface area contributed by atoms with Crippen LogP contribution in [0, 0.1) is 0 Å². The van der Waals surface area contributed by atoms with Gasteiger partial charge in [-0.2, -0.15) is 0 Å². The second kappa shape index (κ2) is 5.62. The minimum atomic E-state index is -0.402. The third-order valence-corrected chi connectivity index (χ3v) is 2.40. The minimum Gasteiger partial charge on any atom is -0.354 e.